The van der Waals surface area contributed by atoms with Gasteiger partial charge in [-0.25, -0.2) is 0 Å². The summed E-state index contributed by atoms with van der Waals surface area (Å²) < 4.78 is 5.65. The maximum absolute atomic E-state index is 5.65. The number of hydrogen-bond donors (Lipinski definition) is 1. The zero-order valence-electron chi connectivity index (χ0n) is 13.3. The molecular weight excluding hydrogens is 260 g/mol. The number of fused-ring (bicyclic) bond motifs is 1. The van der Waals surface area contributed by atoms with Gasteiger partial charge in [0.15, 0.2) is 0 Å². The van der Waals surface area contributed by atoms with Crippen LogP contribution in [0, 0.1) is 0 Å². The molecule has 2 aliphatic rings. The van der Waals surface area contributed by atoms with Gasteiger partial charge in [-0.3, -0.25) is 4.90 Å². The van der Waals surface area contributed by atoms with Gasteiger partial charge in [-0.05, 0) is 56.8 Å². The van der Waals surface area contributed by atoms with E-state index in [9.17, 15) is 0 Å². The van der Waals surface area contributed by atoms with Gasteiger partial charge in [0.1, 0.15) is 5.75 Å². The number of rotatable bonds is 6. The van der Waals surface area contributed by atoms with Crippen molar-refractivity contribution in [2.75, 3.05) is 19.7 Å². The van der Waals surface area contributed by atoms with Crippen LogP contribution in [-0.4, -0.2) is 36.7 Å². The van der Waals surface area contributed by atoms with Crippen LogP contribution in [0.2, 0.25) is 0 Å². The maximum Gasteiger partial charge on any atom is 0.119 e. The lowest BCUT2D eigenvalue weighted by atomic mass is 10.0. The van der Waals surface area contributed by atoms with Crippen LogP contribution in [0.5, 0.6) is 5.75 Å². The van der Waals surface area contributed by atoms with E-state index in [1.807, 2.05) is 0 Å². The number of ether oxygens (including phenoxy) is 1. The first-order valence-electron chi connectivity index (χ1n) is 8.51. The van der Waals surface area contributed by atoms with Crippen LogP contribution in [0.25, 0.3) is 0 Å². The summed E-state index contributed by atoms with van der Waals surface area (Å²) in [6.07, 6.45) is 5.10. The summed E-state index contributed by atoms with van der Waals surface area (Å²) in [7, 11) is 0. The van der Waals surface area contributed by atoms with E-state index in [4.69, 9.17) is 4.74 Å². The van der Waals surface area contributed by atoms with E-state index >= 15 is 0 Å². The van der Waals surface area contributed by atoms with Gasteiger partial charge >= 0.3 is 0 Å². The second-order valence-corrected chi connectivity index (χ2v) is 6.45. The highest BCUT2D eigenvalue weighted by atomic mass is 16.5. The molecule has 3 rings (SSSR count). The van der Waals surface area contributed by atoms with E-state index in [1.54, 1.807) is 0 Å². The van der Waals surface area contributed by atoms with E-state index in [-0.39, 0.29) is 0 Å². The highest BCUT2D eigenvalue weighted by Crippen LogP contribution is 2.29. The molecule has 21 heavy (non-hydrogen) atoms. The van der Waals surface area contributed by atoms with Gasteiger partial charge in [-0.1, -0.05) is 19.1 Å². The average Bonchev–Trinajstić information content (AvgIpc) is 3.10. The van der Waals surface area contributed by atoms with Crippen molar-refractivity contribution >= 4 is 0 Å². The minimum atomic E-state index is 0.413. The number of nitrogens with zero attached hydrogens (tertiary/aromatic N) is 1. The fraction of sp³-hybridized carbons (Fsp3) is 0.667. The Labute approximate surface area is 128 Å². The molecule has 2 saturated heterocycles. The summed E-state index contributed by atoms with van der Waals surface area (Å²) in [5.41, 5.74) is 1.36. The molecule has 0 amide bonds. The van der Waals surface area contributed by atoms with E-state index in [1.165, 1.54) is 37.9 Å². The van der Waals surface area contributed by atoms with Gasteiger partial charge in [0.05, 0.1) is 6.61 Å². The molecule has 2 fully saturated rings. The van der Waals surface area contributed by atoms with Crippen molar-refractivity contribution in [1.82, 2.24) is 10.2 Å². The minimum absolute atomic E-state index is 0.413. The van der Waals surface area contributed by atoms with Crippen LogP contribution in [0.4, 0.5) is 0 Å². The number of hydrogen-bond acceptors (Lipinski definition) is 3. The predicted molar refractivity (Wildman–Crippen MR) is 86.8 cm³/mol. The van der Waals surface area contributed by atoms with E-state index in [2.05, 4.69) is 48.3 Å². The second kappa shape index (κ2) is 6.80. The van der Waals surface area contributed by atoms with Crippen molar-refractivity contribution < 1.29 is 4.74 Å². The summed E-state index contributed by atoms with van der Waals surface area (Å²) in [6, 6.07) is 10.4. The molecule has 1 N–H and O–H groups in total. The van der Waals surface area contributed by atoms with Crippen molar-refractivity contribution in [3.63, 3.8) is 0 Å². The van der Waals surface area contributed by atoms with Crippen LogP contribution in [0.15, 0.2) is 24.3 Å². The number of benzene rings is 1. The average molecular weight is 288 g/mol. The third kappa shape index (κ3) is 3.41. The Morgan fingerprint density at radius 2 is 2.05 bits per heavy atom. The van der Waals surface area contributed by atoms with Crippen LogP contribution < -0.4 is 10.1 Å². The lowest BCUT2D eigenvalue weighted by molar-refractivity contribution is 0.291. The molecule has 2 heterocycles. The van der Waals surface area contributed by atoms with Crippen LogP contribution in [0.3, 0.4) is 0 Å². The molecule has 2 aliphatic heterocycles. The standard InChI is InChI=1S/C18H28N2O/c1-3-13-21-16-8-6-15(7-9-16)14(2)19-17-10-12-20-11-4-5-18(17)20/h6-9,14,17-19H,3-5,10-13H2,1-2H3. The summed E-state index contributed by atoms with van der Waals surface area (Å²) in [4.78, 5) is 2.66. The first kappa shape index (κ1) is 14.9. The van der Waals surface area contributed by atoms with Gasteiger partial charge in [-0.2, -0.15) is 0 Å². The van der Waals surface area contributed by atoms with Gasteiger partial charge in [0.25, 0.3) is 0 Å². The summed E-state index contributed by atoms with van der Waals surface area (Å²) in [5, 5.41) is 3.85. The quantitative estimate of drug-likeness (QED) is 0.868. The highest BCUT2D eigenvalue weighted by molar-refractivity contribution is 5.29. The summed E-state index contributed by atoms with van der Waals surface area (Å²) in [6.45, 7) is 7.79. The van der Waals surface area contributed by atoms with Crippen LogP contribution >= 0.6 is 0 Å². The summed E-state index contributed by atoms with van der Waals surface area (Å²) in [5.74, 6) is 0.982. The smallest absolute Gasteiger partial charge is 0.119 e. The minimum Gasteiger partial charge on any atom is -0.494 e. The van der Waals surface area contributed by atoms with Crippen LogP contribution in [0.1, 0.15) is 51.1 Å². The second-order valence-electron chi connectivity index (χ2n) is 6.45. The predicted octanol–water partition coefficient (Wildman–Crippen LogP) is 3.36. The zero-order valence-corrected chi connectivity index (χ0v) is 13.3. The molecule has 116 valence electrons. The van der Waals surface area contributed by atoms with Gasteiger partial charge in [-0.15, -0.1) is 0 Å². The Kier molecular flexibility index (Phi) is 4.81. The molecule has 0 spiro atoms. The number of nitrogens with one attached hydrogen (secondary N) is 1. The van der Waals surface area contributed by atoms with Crippen molar-refractivity contribution in [1.29, 1.82) is 0 Å². The van der Waals surface area contributed by atoms with Gasteiger partial charge in [0, 0.05) is 24.7 Å². The molecule has 0 aliphatic carbocycles. The molecule has 3 heteroatoms. The molecule has 3 atom stereocenters. The third-order valence-corrected chi connectivity index (χ3v) is 4.92. The molecular formula is C18H28N2O. The zero-order chi connectivity index (χ0) is 14.7. The van der Waals surface area contributed by atoms with Crippen molar-refractivity contribution in [3.8, 4) is 5.75 Å². The first-order chi connectivity index (χ1) is 10.3. The van der Waals surface area contributed by atoms with E-state index in [0.717, 1.165) is 24.8 Å². The van der Waals surface area contributed by atoms with Crippen molar-refractivity contribution in [2.45, 2.75) is 57.7 Å². The Hall–Kier alpha value is -1.06. The molecule has 0 saturated carbocycles. The molecule has 0 aromatic heterocycles. The van der Waals surface area contributed by atoms with Crippen molar-refractivity contribution in [2.24, 2.45) is 0 Å². The largest absolute Gasteiger partial charge is 0.494 e. The lowest BCUT2D eigenvalue weighted by Gasteiger charge is -2.25. The Bertz CT molecular complexity index is 445. The van der Waals surface area contributed by atoms with Crippen LogP contribution in [-0.2, 0) is 0 Å². The van der Waals surface area contributed by atoms with E-state index < -0.39 is 0 Å². The normalized spacial score (nSPS) is 26.8. The molecule has 3 unspecified atom stereocenters. The first-order valence-corrected chi connectivity index (χ1v) is 8.51. The SMILES string of the molecule is CCCOc1ccc(C(C)NC2CCN3CCCC23)cc1. The fourth-order valence-electron chi connectivity index (χ4n) is 3.77. The van der Waals surface area contributed by atoms with Gasteiger partial charge < -0.3 is 10.1 Å². The maximum atomic E-state index is 5.65. The molecule has 1 aromatic rings. The van der Waals surface area contributed by atoms with E-state index in [0.29, 0.717) is 12.1 Å². The summed E-state index contributed by atoms with van der Waals surface area (Å²) >= 11 is 0. The fourth-order valence-corrected chi connectivity index (χ4v) is 3.77. The Morgan fingerprint density at radius 3 is 2.81 bits per heavy atom. The Morgan fingerprint density at radius 1 is 1.24 bits per heavy atom. The molecule has 0 bridgehead atoms. The third-order valence-electron chi connectivity index (χ3n) is 4.92. The Balaban J connectivity index is 1.56. The molecule has 1 aromatic carbocycles. The van der Waals surface area contributed by atoms with Gasteiger partial charge in [0.2, 0.25) is 0 Å². The highest BCUT2D eigenvalue weighted by Gasteiger charge is 2.37. The lowest BCUT2D eigenvalue weighted by Crippen LogP contribution is -2.40. The van der Waals surface area contributed by atoms with Crippen molar-refractivity contribution in [3.05, 3.63) is 29.8 Å². The molecule has 0 radical (unpaired) electrons. The topological polar surface area (TPSA) is 24.5 Å². The molecule has 3 nitrogen and oxygen atoms in total. The monoisotopic (exact) mass is 288 g/mol.